The van der Waals surface area contributed by atoms with Gasteiger partial charge in [-0.2, -0.15) is 0 Å². The number of ether oxygens (including phenoxy) is 1. The van der Waals surface area contributed by atoms with Crippen LogP contribution in [-0.2, 0) is 0 Å². The Balaban J connectivity index is 2.21. The molecule has 0 radical (unpaired) electrons. The Kier molecular flexibility index (Phi) is 4.86. The van der Waals surface area contributed by atoms with Crippen LogP contribution >= 0.6 is 27.5 Å². The van der Waals surface area contributed by atoms with Crippen LogP contribution in [0.5, 0.6) is 5.75 Å². The van der Waals surface area contributed by atoms with Crippen molar-refractivity contribution in [1.82, 2.24) is 0 Å². The first-order valence-corrected chi connectivity index (χ1v) is 7.16. The van der Waals surface area contributed by atoms with Crippen molar-refractivity contribution in [2.45, 2.75) is 19.1 Å². The van der Waals surface area contributed by atoms with Crippen LogP contribution in [0.2, 0.25) is 5.02 Å². The Labute approximate surface area is 126 Å². The zero-order chi connectivity index (χ0) is 13.8. The van der Waals surface area contributed by atoms with E-state index in [1.165, 1.54) is 0 Å². The SMILES string of the molecule is CC(N)C(Oc1ccc(Br)cc1)c1ccc(Cl)cc1. The first-order chi connectivity index (χ1) is 9.06. The molecule has 4 heteroatoms. The van der Waals surface area contributed by atoms with Crippen molar-refractivity contribution in [2.24, 2.45) is 5.73 Å². The zero-order valence-electron chi connectivity index (χ0n) is 10.5. The highest BCUT2D eigenvalue weighted by Crippen LogP contribution is 2.26. The van der Waals surface area contributed by atoms with E-state index in [-0.39, 0.29) is 12.1 Å². The number of hydrogen-bond acceptors (Lipinski definition) is 2. The molecule has 2 nitrogen and oxygen atoms in total. The fourth-order valence-electron chi connectivity index (χ4n) is 1.79. The molecule has 100 valence electrons. The molecule has 0 saturated carbocycles. The normalized spacial score (nSPS) is 13.9. The molecule has 0 saturated heterocycles. The van der Waals surface area contributed by atoms with Gasteiger partial charge in [0, 0.05) is 15.5 Å². The van der Waals surface area contributed by atoms with Crippen molar-refractivity contribution < 1.29 is 4.74 Å². The average molecular weight is 341 g/mol. The minimum absolute atomic E-state index is 0.121. The van der Waals surface area contributed by atoms with Crippen molar-refractivity contribution in [1.29, 1.82) is 0 Å². The molecule has 0 aromatic heterocycles. The molecule has 19 heavy (non-hydrogen) atoms. The van der Waals surface area contributed by atoms with E-state index >= 15 is 0 Å². The molecule has 0 aliphatic carbocycles. The molecule has 2 rings (SSSR count). The molecule has 2 N–H and O–H groups in total. The highest BCUT2D eigenvalue weighted by Gasteiger charge is 2.18. The summed E-state index contributed by atoms with van der Waals surface area (Å²) in [6.07, 6.45) is -0.196. The quantitative estimate of drug-likeness (QED) is 0.885. The Hall–Kier alpha value is -1.03. The standard InChI is InChI=1S/C15H15BrClNO/c1-10(18)15(11-2-6-13(17)7-3-11)19-14-8-4-12(16)5-9-14/h2-10,15H,18H2,1H3. The van der Waals surface area contributed by atoms with Gasteiger partial charge in [-0.3, -0.25) is 0 Å². The Morgan fingerprint density at radius 2 is 1.63 bits per heavy atom. The second-order valence-corrected chi connectivity index (χ2v) is 5.76. The molecular weight excluding hydrogens is 326 g/mol. The minimum atomic E-state index is -0.196. The van der Waals surface area contributed by atoms with Gasteiger partial charge < -0.3 is 10.5 Å². The summed E-state index contributed by atoms with van der Waals surface area (Å²) in [6, 6.07) is 15.2. The largest absolute Gasteiger partial charge is 0.484 e. The molecule has 2 atom stereocenters. The van der Waals surface area contributed by atoms with Crippen LogP contribution < -0.4 is 10.5 Å². The monoisotopic (exact) mass is 339 g/mol. The van der Waals surface area contributed by atoms with Gasteiger partial charge in [-0.05, 0) is 48.9 Å². The van der Waals surface area contributed by atoms with Crippen LogP contribution in [0, 0.1) is 0 Å². The lowest BCUT2D eigenvalue weighted by molar-refractivity contribution is 0.180. The van der Waals surface area contributed by atoms with Crippen LogP contribution in [0.1, 0.15) is 18.6 Å². The maximum Gasteiger partial charge on any atom is 0.138 e. The van der Waals surface area contributed by atoms with Gasteiger partial charge in [0.2, 0.25) is 0 Å². The van der Waals surface area contributed by atoms with Crippen molar-refractivity contribution >= 4 is 27.5 Å². The van der Waals surface area contributed by atoms with Crippen molar-refractivity contribution in [3.05, 3.63) is 63.6 Å². The summed E-state index contributed by atoms with van der Waals surface area (Å²) in [5.74, 6) is 0.792. The van der Waals surface area contributed by atoms with Gasteiger partial charge in [0.05, 0.1) is 0 Å². The lowest BCUT2D eigenvalue weighted by Crippen LogP contribution is -2.29. The lowest BCUT2D eigenvalue weighted by atomic mass is 10.0. The molecule has 2 unspecified atom stereocenters. The van der Waals surface area contributed by atoms with Gasteiger partial charge in [-0.25, -0.2) is 0 Å². The van der Waals surface area contributed by atoms with E-state index in [9.17, 15) is 0 Å². The average Bonchev–Trinajstić information content (AvgIpc) is 2.39. The van der Waals surface area contributed by atoms with Crippen molar-refractivity contribution in [3.63, 3.8) is 0 Å². The highest BCUT2D eigenvalue weighted by atomic mass is 79.9. The van der Waals surface area contributed by atoms with E-state index in [1.807, 2.05) is 55.5 Å². The van der Waals surface area contributed by atoms with Crippen molar-refractivity contribution in [3.8, 4) is 5.75 Å². The maximum atomic E-state index is 6.02. The van der Waals surface area contributed by atoms with Gasteiger partial charge in [0.15, 0.2) is 0 Å². The van der Waals surface area contributed by atoms with Crippen LogP contribution in [0.15, 0.2) is 53.0 Å². The number of rotatable bonds is 4. The zero-order valence-corrected chi connectivity index (χ0v) is 12.9. The van der Waals surface area contributed by atoms with E-state index in [0.717, 1.165) is 15.8 Å². The van der Waals surface area contributed by atoms with Gasteiger partial charge >= 0.3 is 0 Å². The molecular formula is C15H15BrClNO. The third-order valence-electron chi connectivity index (χ3n) is 2.75. The molecule has 2 aromatic carbocycles. The van der Waals surface area contributed by atoms with E-state index in [1.54, 1.807) is 0 Å². The van der Waals surface area contributed by atoms with Crippen LogP contribution in [0.25, 0.3) is 0 Å². The minimum Gasteiger partial charge on any atom is -0.484 e. The number of nitrogens with two attached hydrogens (primary N) is 1. The van der Waals surface area contributed by atoms with Gasteiger partial charge in [0.25, 0.3) is 0 Å². The Morgan fingerprint density at radius 1 is 1.05 bits per heavy atom. The van der Waals surface area contributed by atoms with Crippen molar-refractivity contribution in [2.75, 3.05) is 0 Å². The third kappa shape index (κ3) is 3.96. The van der Waals surface area contributed by atoms with Gasteiger partial charge in [-0.1, -0.05) is 39.7 Å². The lowest BCUT2D eigenvalue weighted by Gasteiger charge is -2.23. The maximum absolute atomic E-state index is 6.02. The Morgan fingerprint density at radius 3 is 2.16 bits per heavy atom. The smallest absolute Gasteiger partial charge is 0.138 e. The van der Waals surface area contributed by atoms with Gasteiger partial charge in [-0.15, -0.1) is 0 Å². The second kappa shape index (κ2) is 6.42. The predicted octanol–water partition coefficient (Wildman–Crippen LogP) is 4.57. The predicted molar refractivity (Wildman–Crippen MR) is 82.6 cm³/mol. The molecule has 0 amide bonds. The van der Waals surface area contributed by atoms with Crippen LogP contribution in [0.4, 0.5) is 0 Å². The van der Waals surface area contributed by atoms with Gasteiger partial charge in [0.1, 0.15) is 11.9 Å². The first kappa shape index (κ1) is 14.4. The third-order valence-corrected chi connectivity index (χ3v) is 3.53. The first-order valence-electron chi connectivity index (χ1n) is 5.99. The molecule has 0 bridgehead atoms. The van der Waals surface area contributed by atoms with E-state index in [4.69, 9.17) is 22.1 Å². The fourth-order valence-corrected chi connectivity index (χ4v) is 2.18. The van der Waals surface area contributed by atoms with E-state index < -0.39 is 0 Å². The summed E-state index contributed by atoms with van der Waals surface area (Å²) in [5, 5.41) is 0.704. The van der Waals surface area contributed by atoms with Crippen LogP contribution in [0.3, 0.4) is 0 Å². The summed E-state index contributed by atoms with van der Waals surface area (Å²) < 4.78 is 6.99. The second-order valence-electron chi connectivity index (χ2n) is 4.40. The molecule has 0 spiro atoms. The summed E-state index contributed by atoms with van der Waals surface area (Å²) in [5.41, 5.74) is 7.03. The Bertz CT molecular complexity index is 525. The van der Waals surface area contributed by atoms with Crippen LogP contribution in [-0.4, -0.2) is 6.04 Å². The summed E-state index contributed by atoms with van der Waals surface area (Å²) >= 11 is 9.29. The topological polar surface area (TPSA) is 35.2 Å². The summed E-state index contributed by atoms with van der Waals surface area (Å²) in [4.78, 5) is 0. The molecule has 0 aliphatic heterocycles. The number of benzene rings is 2. The molecule has 0 aliphatic rings. The number of halogens is 2. The molecule has 2 aromatic rings. The highest BCUT2D eigenvalue weighted by molar-refractivity contribution is 9.10. The summed E-state index contributed by atoms with van der Waals surface area (Å²) in [7, 11) is 0. The summed E-state index contributed by atoms with van der Waals surface area (Å²) in [6.45, 7) is 1.93. The molecule has 0 heterocycles. The van der Waals surface area contributed by atoms with E-state index in [0.29, 0.717) is 5.02 Å². The number of hydrogen-bond donors (Lipinski definition) is 1. The molecule has 0 fully saturated rings. The van der Waals surface area contributed by atoms with E-state index in [2.05, 4.69) is 15.9 Å². The fraction of sp³-hybridized carbons (Fsp3) is 0.200.